The van der Waals surface area contributed by atoms with Crippen molar-refractivity contribution in [3.8, 4) is 5.75 Å². The Bertz CT molecular complexity index is 822. The number of carbonyl (C=O) groups is 1. The second kappa shape index (κ2) is 12.3. The maximum atomic E-state index is 13.1. The Labute approximate surface area is 181 Å². The largest absolute Gasteiger partial charge is 0.493 e. The minimum absolute atomic E-state index is 0.222. The first-order chi connectivity index (χ1) is 14.2. The SMILES string of the molecule is CCCC(=N)/C(C)=C(\C)C(=O)NC(=C(C)CC)c1cc(C(O)CC)ccc1OCC. The van der Waals surface area contributed by atoms with Crippen LogP contribution in [0, 0.1) is 5.41 Å². The summed E-state index contributed by atoms with van der Waals surface area (Å²) >= 11 is 0. The quantitative estimate of drug-likeness (QED) is 0.309. The second-order valence-electron chi connectivity index (χ2n) is 7.55. The van der Waals surface area contributed by atoms with Crippen LogP contribution in [0.3, 0.4) is 0 Å². The normalized spacial score (nSPS) is 13.9. The molecule has 0 aliphatic carbocycles. The molecule has 1 amide bonds. The van der Waals surface area contributed by atoms with Crippen molar-refractivity contribution in [2.24, 2.45) is 0 Å². The molecule has 0 aliphatic heterocycles. The van der Waals surface area contributed by atoms with Gasteiger partial charge in [-0.1, -0.05) is 33.3 Å². The average Bonchev–Trinajstić information content (AvgIpc) is 2.75. The zero-order valence-corrected chi connectivity index (χ0v) is 19.6. The minimum Gasteiger partial charge on any atom is -0.493 e. The topological polar surface area (TPSA) is 82.4 Å². The molecule has 0 saturated carbocycles. The summed E-state index contributed by atoms with van der Waals surface area (Å²) in [4.78, 5) is 13.1. The van der Waals surface area contributed by atoms with E-state index < -0.39 is 6.10 Å². The summed E-state index contributed by atoms with van der Waals surface area (Å²) in [6, 6.07) is 5.62. The van der Waals surface area contributed by atoms with Crippen LogP contribution in [0.5, 0.6) is 5.75 Å². The summed E-state index contributed by atoms with van der Waals surface area (Å²) in [5, 5.41) is 21.6. The summed E-state index contributed by atoms with van der Waals surface area (Å²) in [5.74, 6) is 0.449. The predicted octanol–water partition coefficient (Wildman–Crippen LogP) is 5.94. The first-order valence-electron chi connectivity index (χ1n) is 10.9. The van der Waals surface area contributed by atoms with Gasteiger partial charge in [-0.25, -0.2) is 0 Å². The van der Waals surface area contributed by atoms with Crippen molar-refractivity contribution in [1.82, 2.24) is 5.32 Å². The number of carbonyl (C=O) groups excluding carboxylic acids is 1. The maximum Gasteiger partial charge on any atom is 0.251 e. The fourth-order valence-corrected chi connectivity index (χ4v) is 3.09. The van der Waals surface area contributed by atoms with E-state index >= 15 is 0 Å². The molecule has 0 aromatic heterocycles. The third kappa shape index (κ3) is 6.56. The van der Waals surface area contributed by atoms with E-state index in [4.69, 9.17) is 10.1 Å². The molecule has 0 spiro atoms. The molecule has 1 unspecified atom stereocenters. The van der Waals surface area contributed by atoms with Crippen LogP contribution in [0.2, 0.25) is 0 Å². The Hall–Kier alpha value is -2.40. The van der Waals surface area contributed by atoms with Crippen LogP contribution in [0.4, 0.5) is 0 Å². The first-order valence-corrected chi connectivity index (χ1v) is 10.9. The fourth-order valence-electron chi connectivity index (χ4n) is 3.09. The van der Waals surface area contributed by atoms with Gasteiger partial charge in [-0.2, -0.15) is 0 Å². The van der Waals surface area contributed by atoms with Crippen LogP contribution in [0.1, 0.15) is 91.4 Å². The van der Waals surface area contributed by atoms with Gasteiger partial charge in [-0.15, -0.1) is 0 Å². The van der Waals surface area contributed by atoms with Gasteiger partial charge in [-0.3, -0.25) is 4.79 Å². The Balaban J connectivity index is 3.46. The summed E-state index contributed by atoms with van der Waals surface area (Å²) < 4.78 is 5.83. The number of amides is 1. The van der Waals surface area contributed by atoms with Gasteiger partial charge >= 0.3 is 0 Å². The summed E-state index contributed by atoms with van der Waals surface area (Å²) in [7, 11) is 0. The van der Waals surface area contributed by atoms with Crippen LogP contribution in [-0.4, -0.2) is 23.3 Å². The minimum atomic E-state index is -0.572. The van der Waals surface area contributed by atoms with Gasteiger partial charge in [-0.05, 0) is 75.8 Å². The van der Waals surface area contributed by atoms with Gasteiger partial charge in [0.1, 0.15) is 5.75 Å². The predicted molar refractivity (Wildman–Crippen MR) is 125 cm³/mol. The van der Waals surface area contributed by atoms with Gasteiger partial charge in [0.15, 0.2) is 0 Å². The van der Waals surface area contributed by atoms with E-state index in [1.54, 1.807) is 6.92 Å². The third-order valence-electron chi connectivity index (χ3n) is 5.40. The van der Waals surface area contributed by atoms with Gasteiger partial charge in [0.2, 0.25) is 0 Å². The van der Waals surface area contributed by atoms with Gasteiger partial charge in [0, 0.05) is 16.8 Å². The average molecular weight is 415 g/mol. The summed E-state index contributed by atoms with van der Waals surface area (Å²) in [6.07, 6.45) is 2.31. The van der Waals surface area contributed by atoms with E-state index in [0.29, 0.717) is 47.8 Å². The number of aliphatic hydroxyl groups excluding tert-OH is 1. The van der Waals surface area contributed by atoms with Crippen LogP contribution in [-0.2, 0) is 4.79 Å². The number of nitrogens with one attached hydrogen (secondary N) is 2. The van der Waals surface area contributed by atoms with Crippen molar-refractivity contribution in [2.75, 3.05) is 6.61 Å². The van der Waals surface area contributed by atoms with Crippen LogP contribution < -0.4 is 10.1 Å². The number of benzene rings is 1. The molecule has 3 N–H and O–H groups in total. The number of hydrogen-bond acceptors (Lipinski definition) is 4. The standard InChI is InChI=1S/C25H38N2O3/c1-8-12-21(26)17(6)18(7)25(29)27-24(16(5)9-2)20-15-19(22(28)10-3)13-14-23(20)30-11-4/h13-15,22,26,28H,8-12H2,1-7H3,(H,27,29)/b18-17+,24-16?,26-21?. The highest BCUT2D eigenvalue weighted by Crippen LogP contribution is 2.32. The van der Waals surface area contributed by atoms with E-state index in [9.17, 15) is 9.90 Å². The van der Waals surface area contributed by atoms with Gasteiger partial charge < -0.3 is 20.6 Å². The molecule has 0 fully saturated rings. The highest BCUT2D eigenvalue weighted by molar-refractivity contribution is 6.08. The molecule has 0 bridgehead atoms. The second-order valence-corrected chi connectivity index (χ2v) is 7.55. The molecule has 5 heteroatoms. The van der Waals surface area contributed by atoms with Gasteiger partial charge in [0.05, 0.1) is 18.4 Å². The Morgan fingerprint density at radius 3 is 2.33 bits per heavy atom. The molecule has 0 saturated heterocycles. The molecule has 5 nitrogen and oxygen atoms in total. The lowest BCUT2D eigenvalue weighted by Gasteiger charge is -2.20. The van der Waals surface area contributed by atoms with Crippen molar-refractivity contribution < 1.29 is 14.6 Å². The highest BCUT2D eigenvalue weighted by Gasteiger charge is 2.19. The van der Waals surface area contributed by atoms with Crippen LogP contribution in [0.15, 0.2) is 34.9 Å². The first kappa shape index (κ1) is 25.6. The molecule has 1 atom stereocenters. The fraction of sp³-hybridized carbons (Fsp3) is 0.520. The molecule has 30 heavy (non-hydrogen) atoms. The number of aliphatic hydroxyl groups is 1. The van der Waals surface area contributed by atoms with Crippen LogP contribution in [0.25, 0.3) is 5.70 Å². The number of hydrogen-bond donors (Lipinski definition) is 3. The summed E-state index contributed by atoms with van der Waals surface area (Å²) in [5.41, 5.74) is 5.02. The molecule has 0 aliphatic rings. The van der Waals surface area contributed by atoms with E-state index in [0.717, 1.165) is 29.5 Å². The molecular formula is C25H38N2O3. The molecule has 0 heterocycles. The Morgan fingerprint density at radius 1 is 1.13 bits per heavy atom. The van der Waals surface area contributed by atoms with Crippen molar-refractivity contribution in [3.63, 3.8) is 0 Å². The van der Waals surface area contributed by atoms with E-state index in [1.165, 1.54) is 0 Å². The van der Waals surface area contributed by atoms with E-state index in [2.05, 4.69) is 5.32 Å². The van der Waals surface area contributed by atoms with Crippen molar-refractivity contribution >= 4 is 17.3 Å². The Morgan fingerprint density at radius 2 is 1.80 bits per heavy atom. The van der Waals surface area contributed by atoms with Gasteiger partial charge in [0.25, 0.3) is 5.91 Å². The molecule has 1 rings (SSSR count). The van der Waals surface area contributed by atoms with Crippen LogP contribution >= 0.6 is 0 Å². The molecule has 0 radical (unpaired) electrons. The lowest BCUT2D eigenvalue weighted by Crippen LogP contribution is -2.25. The Kier molecular flexibility index (Phi) is 10.5. The monoisotopic (exact) mass is 414 g/mol. The smallest absolute Gasteiger partial charge is 0.251 e. The maximum absolute atomic E-state index is 13.1. The lowest BCUT2D eigenvalue weighted by atomic mass is 9.98. The third-order valence-corrected chi connectivity index (χ3v) is 5.40. The van der Waals surface area contributed by atoms with Crippen molar-refractivity contribution in [3.05, 3.63) is 46.0 Å². The number of allylic oxidation sites excluding steroid dienone is 2. The van der Waals surface area contributed by atoms with E-state index in [-0.39, 0.29) is 5.91 Å². The van der Waals surface area contributed by atoms with Crippen molar-refractivity contribution in [2.45, 2.75) is 80.3 Å². The number of ether oxygens (including phenoxy) is 1. The molecule has 1 aromatic rings. The van der Waals surface area contributed by atoms with E-state index in [1.807, 2.05) is 59.7 Å². The zero-order chi connectivity index (χ0) is 22.8. The number of rotatable bonds is 11. The highest BCUT2D eigenvalue weighted by atomic mass is 16.5. The summed E-state index contributed by atoms with van der Waals surface area (Å²) in [6.45, 7) is 14.0. The molecular weight excluding hydrogens is 376 g/mol. The molecule has 1 aromatic carbocycles. The lowest BCUT2D eigenvalue weighted by molar-refractivity contribution is -0.116. The van der Waals surface area contributed by atoms with Crippen molar-refractivity contribution in [1.29, 1.82) is 5.41 Å². The zero-order valence-electron chi connectivity index (χ0n) is 19.6. The molecule has 166 valence electrons.